The fourth-order valence-corrected chi connectivity index (χ4v) is 3.46. The number of hydrogen-bond acceptors (Lipinski definition) is 3. The van der Waals surface area contributed by atoms with Crippen molar-refractivity contribution in [2.45, 2.75) is 38.1 Å². The summed E-state index contributed by atoms with van der Waals surface area (Å²) in [5, 5.41) is 5.73. The first kappa shape index (κ1) is 18.2. The fourth-order valence-electron chi connectivity index (χ4n) is 3.46. The molecule has 2 amide bonds. The summed E-state index contributed by atoms with van der Waals surface area (Å²) in [6, 6.07) is 9.40. The second-order valence-electron chi connectivity index (χ2n) is 6.62. The second-order valence-corrected chi connectivity index (χ2v) is 6.62. The van der Waals surface area contributed by atoms with Gasteiger partial charge in [-0.1, -0.05) is 25.0 Å². The summed E-state index contributed by atoms with van der Waals surface area (Å²) in [4.78, 5) is 24.2. The SMILES string of the molecule is O=C(CCNC(=O)c1ccco1)N[C@@H](c1ccc(F)cc1)C1CCCC1. The number of halogens is 1. The average Bonchev–Trinajstić information content (AvgIpc) is 3.34. The summed E-state index contributed by atoms with van der Waals surface area (Å²) in [6.07, 6.45) is 6.01. The number of rotatable bonds is 7. The van der Waals surface area contributed by atoms with E-state index in [-0.39, 0.29) is 42.4 Å². The lowest BCUT2D eigenvalue weighted by Crippen LogP contribution is -2.35. The largest absolute Gasteiger partial charge is 0.459 e. The second kappa shape index (κ2) is 8.65. The molecule has 2 N–H and O–H groups in total. The number of carbonyl (C=O) groups is 2. The Labute approximate surface area is 152 Å². The van der Waals surface area contributed by atoms with Gasteiger partial charge in [0.25, 0.3) is 5.91 Å². The highest BCUT2D eigenvalue weighted by atomic mass is 19.1. The molecule has 3 rings (SSSR count). The van der Waals surface area contributed by atoms with Crippen molar-refractivity contribution in [1.82, 2.24) is 10.6 Å². The lowest BCUT2D eigenvalue weighted by Gasteiger charge is -2.25. The molecule has 138 valence electrons. The van der Waals surface area contributed by atoms with Crippen LogP contribution in [-0.2, 0) is 4.79 Å². The molecule has 1 atom stereocenters. The van der Waals surface area contributed by atoms with Crippen LogP contribution >= 0.6 is 0 Å². The molecule has 6 heteroatoms. The Morgan fingerprint density at radius 3 is 2.54 bits per heavy atom. The number of hydrogen-bond donors (Lipinski definition) is 2. The Morgan fingerprint density at radius 1 is 1.15 bits per heavy atom. The monoisotopic (exact) mass is 358 g/mol. The van der Waals surface area contributed by atoms with Crippen molar-refractivity contribution in [1.29, 1.82) is 0 Å². The average molecular weight is 358 g/mol. The van der Waals surface area contributed by atoms with Crippen LogP contribution in [0, 0.1) is 11.7 Å². The number of amides is 2. The highest BCUT2D eigenvalue weighted by Gasteiger charge is 2.27. The third-order valence-corrected chi connectivity index (χ3v) is 4.80. The van der Waals surface area contributed by atoms with Crippen molar-refractivity contribution in [2.24, 2.45) is 5.92 Å². The first-order valence-electron chi connectivity index (χ1n) is 9.00. The number of nitrogens with one attached hydrogen (secondary N) is 2. The summed E-state index contributed by atoms with van der Waals surface area (Å²) in [5.41, 5.74) is 0.922. The third-order valence-electron chi connectivity index (χ3n) is 4.80. The van der Waals surface area contributed by atoms with Gasteiger partial charge in [-0.15, -0.1) is 0 Å². The van der Waals surface area contributed by atoms with Crippen LogP contribution in [0.5, 0.6) is 0 Å². The molecule has 0 unspecified atom stereocenters. The van der Waals surface area contributed by atoms with Gasteiger partial charge in [-0.2, -0.15) is 0 Å². The Hall–Kier alpha value is -2.63. The van der Waals surface area contributed by atoms with E-state index in [1.54, 1.807) is 24.3 Å². The molecule has 0 spiro atoms. The summed E-state index contributed by atoms with van der Waals surface area (Å²) < 4.78 is 18.2. The van der Waals surface area contributed by atoms with Crippen molar-refractivity contribution >= 4 is 11.8 Å². The summed E-state index contributed by atoms with van der Waals surface area (Å²) in [7, 11) is 0. The molecule has 2 aromatic rings. The molecule has 5 nitrogen and oxygen atoms in total. The van der Waals surface area contributed by atoms with Crippen molar-refractivity contribution in [3.8, 4) is 0 Å². The van der Waals surface area contributed by atoms with E-state index in [0.717, 1.165) is 31.2 Å². The topological polar surface area (TPSA) is 71.3 Å². The van der Waals surface area contributed by atoms with E-state index >= 15 is 0 Å². The van der Waals surface area contributed by atoms with Gasteiger partial charge in [-0.25, -0.2) is 4.39 Å². The standard InChI is InChI=1S/C20H23FN2O3/c21-16-9-7-15(8-10-16)19(14-4-1-2-5-14)23-18(24)11-12-22-20(25)17-6-3-13-26-17/h3,6-10,13-14,19H,1-2,4-5,11-12H2,(H,22,25)(H,23,24)/t19-/m1/s1. The zero-order valence-electron chi connectivity index (χ0n) is 14.5. The molecular formula is C20H23FN2O3. The zero-order valence-corrected chi connectivity index (χ0v) is 14.5. The van der Waals surface area contributed by atoms with Gasteiger partial charge >= 0.3 is 0 Å². The summed E-state index contributed by atoms with van der Waals surface area (Å²) in [5.74, 6) is -0.173. The van der Waals surface area contributed by atoms with Gasteiger partial charge in [0.05, 0.1) is 12.3 Å². The van der Waals surface area contributed by atoms with E-state index in [4.69, 9.17) is 4.42 Å². The van der Waals surface area contributed by atoms with Gasteiger partial charge in [-0.05, 0) is 48.6 Å². The van der Waals surface area contributed by atoms with Gasteiger partial charge in [0.2, 0.25) is 5.91 Å². The Kier molecular flexibility index (Phi) is 6.04. The Bertz CT molecular complexity index is 722. The number of benzene rings is 1. The van der Waals surface area contributed by atoms with E-state index in [1.807, 2.05) is 0 Å². The minimum atomic E-state index is -0.339. The first-order valence-corrected chi connectivity index (χ1v) is 9.00. The zero-order chi connectivity index (χ0) is 18.4. The van der Waals surface area contributed by atoms with Gasteiger partial charge in [0, 0.05) is 13.0 Å². The molecule has 1 heterocycles. The molecule has 0 bridgehead atoms. The van der Waals surface area contributed by atoms with Crippen LogP contribution in [0.15, 0.2) is 47.1 Å². The molecule has 0 radical (unpaired) electrons. The maximum absolute atomic E-state index is 13.2. The molecule has 1 aromatic heterocycles. The van der Waals surface area contributed by atoms with Gasteiger partial charge < -0.3 is 15.1 Å². The van der Waals surface area contributed by atoms with Crippen LogP contribution < -0.4 is 10.6 Å². The molecule has 1 aromatic carbocycles. The van der Waals surface area contributed by atoms with Crippen molar-refractivity contribution < 1.29 is 18.4 Å². The number of carbonyl (C=O) groups excluding carboxylic acids is 2. The van der Waals surface area contributed by atoms with E-state index in [9.17, 15) is 14.0 Å². The predicted molar refractivity (Wildman–Crippen MR) is 94.9 cm³/mol. The molecule has 26 heavy (non-hydrogen) atoms. The maximum atomic E-state index is 13.2. The van der Waals surface area contributed by atoms with Crippen molar-refractivity contribution in [3.63, 3.8) is 0 Å². The van der Waals surface area contributed by atoms with Crippen LogP contribution in [0.1, 0.15) is 54.3 Å². The first-order chi connectivity index (χ1) is 12.6. The number of furan rings is 1. The van der Waals surface area contributed by atoms with Crippen LogP contribution in [0.25, 0.3) is 0 Å². The van der Waals surface area contributed by atoms with E-state index in [1.165, 1.54) is 18.4 Å². The quantitative estimate of drug-likeness (QED) is 0.795. The maximum Gasteiger partial charge on any atom is 0.286 e. The molecular weight excluding hydrogens is 335 g/mol. The lowest BCUT2D eigenvalue weighted by molar-refractivity contribution is -0.122. The normalized spacial score (nSPS) is 15.6. The van der Waals surface area contributed by atoms with Crippen LogP contribution in [0.3, 0.4) is 0 Å². The van der Waals surface area contributed by atoms with Crippen molar-refractivity contribution in [2.75, 3.05) is 6.54 Å². The summed E-state index contributed by atoms with van der Waals surface area (Å²) >= 11 is 0. The highest BCUT2D eigenvalue weighted by molar-refractivity contribution is 5.91. The Balaban J connectivity index is 1.55. The van der Waals surface area contributed by atoms with Gasteiger partial charge in [-0.3, -0.25) is 9.59 Å². The molecule has 1 fully saturated rings. The van der Waals surface area contributed by atoms with E-state index in [0.29, 0.717) is 5.92 Å². The molecule has 0 aliphatic heterocycles. The van der Waals surface area contributed by atoms with Crippen LogP contribution in [0.4, 0.5) is 4.39 Å². The molecule has 1 aliphatic rings. The lowest BCUT2D eigenvalue weighted by atomic mass is 9.91. The van der Waals surface area contributed by atoms with Crippen LogP contribution in [0.2, 0.25) is 0 Å². The predicted octanol–water partition coefficient (Wildman–Crippen LogP) is 3.59. The van der Waals surface area contributed by atoms with Crippen molar-refractivity contribution in [3.05, 3.63) is 59.8 Å². The van der Waals surface area contributed by atoms with Gasteiger partial charge in [0.1, 0.15) is 5.82 Å². The smallest absolute Gasteiger partial charge is 0.286 e. The minimum Gasteiger partial charge on any atom is -0.459 e. The van der Waals surface area contributed by atoms with E-state index < -0.39 is 0 Å². The Morgan fingerprint density at radius 2 is 1.88 bits per heavy atom. The van der Waals surface area contributed by atoms with Crippen LogP contribution in [-0.4, -0.2) is 18.4 Å². The van der Waals surface area contributed by atoms with E-state index in [2.05, 4.69) is 10.6 Å². The molecule has 0 saturated heterocycles. The molecule has 1 saturated carbocycles. The molecule has 1 aliphatic carbocycles. The fraction of sp³-hybridized carbons (Fsp3) is 0.400. The highest BCUT2D eigenvalue weighted by Crippen LogP contribution is 2.35. The third kappa shape index (κ3) is 4.71. The summed E-state index contributed by atoms with van der Waals surface area (Å²) in [6.45, 7) is 0.228. The minimum absolute atomic E-state index is 0.119. The van der Waals surface area contributed by atoms with Gasteiger partial charge in [0.15, 0.2) is 5.76 Å².